The van der Waals surface area contributed by atoms with Gasteiger partial charge in [0.05, 0.1) is 0 Å². The summed E-state index contributed by atoms with van der Waals surface area (Å²) in [6.45, 7) is 15.6. The SMILES string of the molecule is CCCCCCCCC=CCCCCCCC(CO)C1CCCC2=CCC3C(CC[C@@]4(C)C3CC[C@@H]4[C@H](C)CCCC(C)C)[C@]21C. The van der Waals surface area contributed by atoms with Crippen LogP contribution in [0.15, 0.2) is 23.8 Å². The fourth-order valence-electron chi connectivity index (χ4n) is 12.3. The van der Waals surface area contributed by atoms with Crippen molar-refractivity contribution in [1.29, 1.82) is 0 Å². The summed E-state index contributed by atoms with van der Waals surface area (Å²) in [4.78, 5) is 0. The van der Waals surface area contributed by atoms with Crippen molar-refractivity contribution in [3.63, 3.8) is 0 Å². The topological polar surface area (TPSA) is 20.2 Å². The van der Waals surface area contributed by atoms with Crippen LogP contribution in [0.25, 0.3) is 0 Å². The van der Waals surface area contributed by atoms with Crippen molar-refractivity contribution < 1.29 is 5.11 Å². The summed E-state index contributed by atoms with van der Waals surface area (Å²) < 4.78 is 0. The number of rotatable bonds is 21. The lowest BCUT2D eigenvalue weighted by atomic mass is 9.43. The average molecular weight is 637 g/mol. The van der Waals surface area contributed by atoms with Gasteiger partial charge >= 0.3 is 0 Å². The molecule has 0 bridgehead atoms. The second kappa shape index (κ2) is 19.0. The average Bonchev–Trinajstić information content (AvgIpc) is 3.40. The van der Waals surface area contributed by atoms with Crippen LogP contribution in [0.5, 0.6) is 0 Å². The van der Waals surface area contributed by atoms with E-state index in [2.05, 4.69) is 59.8 Å². The lowest BCUT2D eigenvalue weighted by Crippen LogP contribution is -2.54. The summed E-state index contributed by atoms with van der Waals surface area (Å²) in [7, 11) is 0. The largest absolute Gasteiger partial charge is 0.396 e. The van der Waals surface area contributed by atoms with Gasteiger partial charge in [0.1, 0.15) is 0 Å². The summed E-state index contributed by atoms with van der Waals surface area (Å²) >= 11 is 0. The number of aliphatic hydroxyl groups is 1. The maximum absolute atomic E-state index is 10.8. The Kier molecular flexibility index (Phi) is 15.8. The molecular weight excluding hydrogens is 556 g/mol. The minimum absolute atomic E-state index is 0.331. The zero-order valence-electron chi connectivity index (χ0n) is 32.0. The molecule has 0 spiro atoms. The Hall–Kier alpha value is -0.560. The lowest BCUT2D eigenvalue weighted by Gasteiger charge is -2.61. The first-order valence-corrected chi connectivity index (χ1v) is 21.2. The van der Waals surface area contributed by atoms with E-state index in [9.17, 15) is 5.11 Å². The standard InChI is InChI=1S/C45H80O/c1-7-8-9-10-11-12-13-14-15-16-17-18-19-20-25-37(34-46)41-27-22-26-38-28-29-39-42-31-30-40(36(4)24-21-23-35(2)3)44(42,5)33-32-43(39)45(38,41)6/h14-15,28,35-37,39-43,46H,7-13,16-27,29-34H2,1-6H3/t36-,37?,39?,40-,41?,42?,43?,44-,45-/m1/s1. The molecule has 266 valence electrons. The van der Waals surface area contributed by atoms with E-state index in [0.717, 1.165) is 35.5 Å². The van der Waals surface area contributed by atoms with E-state index in [-0.39, 0.29) is 0 Å². The molecule has 3 saturated carbocycles. The highest BCUT2D eigenvalue weighted by Gasteiger charge is 2.60. The molecule has 0 aromatic rings. The maximum atomic E-state index is 10.8. The zero-order chi connectivity index (χ0) is 33.0. The van der Waals surface area contributed by atoms with Crippen molar-refractivity contribution in [2.75, 3.05) is 6.61 Å². The molecule has 3 fully saturated rings. The third-order valence-corrected chi connectivity index (χ3v) is 14.9. The fourth-order valence-corrected chi connectivity index (χ4v) is 12.3. The van der Waals surface area contributed by atoms with Crippen molar-refractivity contribution >= 4 is 0 Å². The quantitative estimate of drug-likeness (QED) is 0.0981. The highest BCUT2D eigenvalue weighted by molar-refractivity contribution is 5.26. The van der Waals surface area contributed by atoms with E-state index >= 15 is 0 Å². The van der Waals surface area contributed by atoms with Gasteiger partial charge < -0.3 is 5.11 Å². The van der Waals surface area contributed by atoms with Gasteiger partial charge in [-0.1, -0.05) is 136 Å². The third-order valence-electron chi connectivity index (χ3n) is 14.9. The Bertz CT molecular complexity index is 914. The molecule has 1 heteroatoms. The highest BCUT2D eigenvalue weighted by atomic mass is 16.3. The van der Waals surface area contributed by atoms with E-state index in [1.807, 2.05) is 5.57 Å². The molecule has 0 aromatic carbocycles. The van der Waals surface area contributed by atoms with Crippen LogP contribution >= 0.6 is 0 Å². The number of allylic oxidation sites excluding steroid dienone is 4. The normalized spacial score (nSPS) is 33.9. The molecule has 0 amide bonds. The predicted molar refractivity (Wildman–Crippen MR) is 202 cm³/mol. The monoisotopic (exact) mass is 637 g/mol. The van der Waals surface area contributed by atoms with Crippen molar-refractivity contribution in [2.24, 2.45) is 58.2 Å². The predicted octanol–water partition coefficient (Wildman–Crippen LogP) is 13.9. The molecule has 4 rings (SSSR count). The molecule has 0 heterocycles. The van der Waals surface area contributed by atoms with Gasteiger partial charge in [0.25, 0.3) is 0 Å². The molecule has 1 N–H and O–H groups in total. The second-order valence-corrected chi connectivity index (χ2v) is 18.1. The highest BCUT2D eigenvalue weighted by Crippen LogP contribution is 2.69. The number of hydrogen-bond acceptors (Lipinski definition) is 1. The first kappa shape index (κ1) is 38.2. The number of unbranched alkanes of at least 4 members (excludes halogenated alkanes) is 10. The molecule has 9 atom stereocenters. The summed E-state index contributed by atoms with van der Waals surface area (Å²) in [5.41, 5.74) is 2.71. The minimum atomic E-state index is 0.331. The zero-order valence-corrected chi connectivity index (χ0v) is 32.0. The molecule has 0 saturated heterocycles. The molecule has 0 aromatic heterocycles. The molecule has 4 aliphatic carbocycles. The summed E-state index contributed by atoms with van der Waals surface area (Å²) in [6, 6.07) is 0. The molecule has 1 nitrogen and oxygen atoms in total. The second-order valence-electron chi connectivity index (χ2n) is 18.1. The van der Waals surface area contributed by atoms with Crippen LogP contribution in [0, 0.1) is 58.2 Å². The van der Waals surface area contributed by atoms with Crippen LogP contribution in [0.3, 0.4) is 0 Å². The van der Waals surface area contributed by atoms with Crippen LogP contribution in [-0.4, -0.2) is 11.7 Å². The van der Waals surface area contributed by atoms with E-state index in [1.165, 1.54) is 154 Å². The van der Waals surface area contributed by atoms with Crippen molar-refractivity contribution in [2.45, 2.75) is 196 Å². The smallest absolute Gasteiger partial charge is 0.0462 e. The minimum Gasteiger partial charge on any atom is -0.396 e. The van der Waals surface area contributed by atoms with Gasteiger partial charge in [-0.2, -0.15) is 0 Å². The van der Waals surface area contributed by atoms with Crippen molar-refractivity contribution in [3.05, 3.63) is 23.8 Å². The maximum Gasteiger partial charge on any atom is 0.0462 e. The molecule has 0 aliphatic heterocycles. The molecule has 5 unspecified atom stereocenters. The van der Waals surface area contributed by atoms with Gasteiger partial charge in [0.2, 0.25) is 0 Å². The van der Waals surface area contributed by atoms with E-state index in [4.69, 9.17) is 0 Å². The van der Waals surface area contributed by atoms with Gasteiger partial charge in [-0.15, -0.1) is 0 Å². The third kappa shape index (κ3) is 9.36. The van der Waals surface area contributed by atoms with Crippen molar-refractivity contribution in [3.8, 4) is 0 Å². The molecule has 0 radical (unpaired) electrons. The van der Waals surface area contributed by atoms with Crippen LogP contribution in [0.4, 0.5) is 0 Å². The van der Waals surface area contributed by atoms with Gasteiger partial charge in [-0.05, 0) is 142 Å². The number of hydrogen-bond donors (Lipinski definition) is 1. The Morgan fingerprint density at radius 1 is 0.761 bits per heavy atom. The van der Waals surface area contributed by atoms with Crippen molar-refractivity contribution in [1.82, 2.24) is 0 Å². The van der Waals surface area contributed by atoms with Crippen LogP contribution in [0.1, 0.15) is 196 Å². The van der Waals surface area contributed by atoms with E-state index in [1.54, 1.807) is 0 Å². The fraction of sp³-hybridized carbons (Fsp3) is 0.911. The first-order valence-electron chi connectivity index (χ1n) is 21.2. The summed E-state index contributed by atoms with van der Waals surface area (Å²) in [6.07, 6.45) is 40.7. The summed E-state index contributed by atoms with van der Waals surface area (Å²) in [5.74, 6) is 6.51. The molecular formula is C45H80O. The van der Waals surface area contributed by atoms with Gasteiger partial charge in [-0.25, -0.2) is 0 Å². The first-order chi connectivity index (χ1) is 22.3. The van der Waals surface area contributed by atoms with E-state index in [0.29, 0.717) is 29.3 Å². The van der Waals surface area contributed by atoms with Crippen LogP contribution in [0.2, 0.25) is 0 Å². The van der Waals surface area contributed by atoms with Crippen LogP contribution in [-0.2, 0) is 0 Å². The Labute approximate surface area is 288 Å². The summed E-state index contributed by atoms with van der Waals surface area (Å²) in [5, 5.41) is 10.8. The molecule has 46 heavy (non-hydrogen) atoms. The van der Waals surface area contributed by atoms with E-state index < -0.39 is 0 Å². The lowest BCUT2D eigenvalue weighted by molar-refractivity contribution is -0.0827. The Morgan fingerprint density at radius 3 is 2.15 bits per heavy atom. The number of fused-ring (bicyclic) bond motifs is 5. The van der Waals surface area contributed by atoms with Gasteiger partial charge in [-0.3, -0.25) is 0 Å². The molecule has 4 aliphatic rings. The van der Waals surface area contributed by atoms with Gasteiger partial charge in [0, 0.05) is 6.61 Å². The van der Waals surface area contributed by atoms with Crippen LogP contribution < -0.4 is 0 Å². The number of aliphatic hydroxyl groups excluding tert-OH is 1. The van der Waals surface area contributed by atoms with Gasteiger partial charge in [0.15, 0.2) is 0 Å². The Balaban J connectivity index is 1.27. The Morgan fingerprint density at radius 2 is 1.46 bits per heavy atom.